The van der Waals surface area contributed by atoms with Gasteiger partial charge in [0.1, 0.15) is 6.10 Å². The molecule has 1 N–H and O–H groups in total. The molecule has 0 fully saturated rings. The molecule has 0 heterocycles. The van der Waals surface area contributed by atoms with Crippen LogP contribution < -0.4 is 0 Å². The molecule has 0 spiro atoms. The molecular formula is C17H35ClO3. The number of hydrogen-bond acceptors (Lipinski definition) is 3. The van der Waals surface area contributed by atoms with Crippen LogP contribution in [0.3, 0.4) is 0 Å². The second kappa shape index (κ2) is 8.99. The Hall–Kier alpha value is -0.280. The molecule has 0 aromatic rings. The first-order valence-corrected chi connectivity index (χ1v) is 8.02. The van der Waals surface area contributed by atoms with Crippen molar-refractivity contribution in [2.24, 2.45) is 22.7 Å². The van der Waals surface area contributed by atoms with E-state index in [4.69, 9.17) is 16.3 Å². The van der Waals surface area contributed by atoms with Crippen molar-refractivity contribution in [2.45, 2.75) is 81.4 Å². The first-order valence-electron chi connectivity index (χ1n) is 7.64. The Kier molecular flexibility index (Phi) is 9.85. The van der Waals surface area contributed by atoms with Gasteiger partial charge < -0.3 is 9.84 Å². The molecule has 21 heavy (non-hydrogen) atoms. The van der Waals surface area contributed by atoms with Crippen molar-refractivity contribution in [3.8, 4) is 0 Å². The summed E-state index contributed by atoms with van der Waals surface area (Å²) in [5.41, 5.74) is -0.740. The molecule has 0 bridgehead atoms. The van der Waals surface area contributed by atoms with Gasteiger partial charge in [-0.3, -0.25) is 0 Å². The van der Waals surface area contributed by atoms with Gasteiger partial charge >= 0.3 is 5.43 Å². The first-order chi connectivity index (χ1) is 9.10. The first kappa shape index (κ1) is 23.0. The van der Waals surface area contributed by atoms with Crippen molar-refractivity contribution in [1.82, 2.24) is 0 Å². The summed E-state index contributed by atoms with van der Waals surface area (Å²) in [6, 6.07) is 0. The third kappa shape index (κ3) is 11.0. The molecule has 2 unspecified atom stereocenters. The summed E-state index contributed by atoms with van der Waals surface area (Å²) in [7, 11) is 0. The molecule has 0 aliphatic heterocycles. The minimum Gasteiger partial charge on any atom is -0.450 e. The molecule has 0 aromatic heterocycles. The predicted molar refractivity (Wildman–Crippen MR) is 90.7 cm³/mol. The minimum absolute atomic E-state index is 0.0359. The van der Waals surface area contributed by atoms with E-state index in [2.05, 4.69) is 20.8 Å². The van der Waals surface area contributed by atoms with Gasteiger partial charge in [0.25, 0.3) is 0 Å². The Morgan fingerprint density at radius 3 is 1.33 bits per heavy atom. The Balaban J connectivity index is 0. The highest BCUT2D eigenvalue weighted by molar-refractivity contribution is 6.61. The standard InChI is InChI=1S/C9H17ClO2.C8H18O/c1-6(2)7(9(3,4)5)12-8(10)11;1-6(2)7(9)8(3,4)5/h6-7H,1-5H3;6-7,9H,1-5H3. The Morgan fingerprint density at radius 1 is 0.905 bits per heavy atom. The number of carbonyl (C=O) groups excluding carboxylic acids is 1. The quantitative estimate of drug-likeness (QED) is 0.699. The lowest BCUT2D eigenvalue weighted by Crippen LogP contribution is -2.34. The topological polar surface area (TPSA) is 46.5 Å². The fraction of sp³-hybridized carbons (Fsp3) is 0.941. The zero-order valence-electron chi connectivity index (χ0n) is 15.5. The maximum atomic E-state index is 10.5. The van der Waals surface area contributed by atoms with E-state index in [9.17, 15) is 9.90 Å². The van der Waals surface area contributed by atoms with Crippen molar-refractivity contribution in [2.75, 3.05) is 0 Å². The third-order valence-electron chi connectivity index (χ3n) is 3.20. The summed E-state index contributed by atoms with van der Waals surface area (Å²) >= 11 is 5.16. The summed E-state index contributed by atoms with van der Waals surface area (Å²) in [6.45, 7) is 20.3. The Bertz CT molecular complexity index is 298. The van der Waals surface area contributed by atoms with Crippen LogP contribution in [0.2, 0.25) is 0 Å². The SMILES string of the molecule is CC(C)C(O)C(C)(C)C.CC(C)C(OC(=O)Cl)C(C)(C)C. The van der Waals surface area contributed by atoms with E-state index in [1.165, 1.54) is 0 Å². The van der Waals surface area contributed by atoms with Crippen LogP contribution in [-0.2, 0) is 4.74 Å². The summed E-state index contributed by atoms with van der Waals surface area (Å²) < 4.78 is 5.00. The van der Waals surface area contributed by atoms with E-state index in [0.29, 0.717) is 5.92 Å². The van der Waals surface area contributed by atoms with E-state index < -0.39 is 5.43 Å². The average molecular weight is 323 g/mol. The average Bonchev–Trinajstić information content (AvgIpc) is 2.22. The van der Waals surface area contributed by atoms with Crippen molar-refractivity contribution in [3.05, 3.63) is 0 Å². The van der Waals surface area contributed by atoms with Crippen LogP contribution in [-0.4, -0.2) is 22.7 Å². The van der Waals surface area contributed by atoms with Crippen LogP contribution in [0.25, 0.3) is 0 Å². The van der Waals surface area contributed by atoms with Gasteiger partial charge in [-0.15, -0.1) is 0 Å². The van der Waals surface area contributed by atoms with Gasteiger partial charge in [0.15, 0.2) is 0 Å². The molecular weight excluding hydrogens is 288 g/mol. The molecule has 0 aliphatic rings. The van der Waals surface area contributed by atoms with Gasteiger partial charge in [-0.25, -0.2) is 4.79 Å². The molecule has 128 valence electrons. The number of aliphatic hydroxyl groups is 1. The lowest BCUT2D eigenvalue weighted by Gasteiger charge is -2.32. The maximum absolute atomic E-state index is 10.5. The normalized spacial score (nSPS) is 15.3. The molecule has 4 heteroatoms. The number of hydrogen-bond donors (Lipinski definition) is 1. The highest BCUT2D eigenvalue weighted by atomic mass is 35.5. The highest BCUT2D eigenvalue weighted by Crippen LogP contribution is 2.28. The van der Waals surface area contributed by atoms with E-state index in [1.54, 1.807) is 0 Å². The van der Waals surface area contributed by atoms with Gasteiger partial charge in [0, 0.05) is 11.6 Å². The number of aliphatic hydroxyl groups excluding tert-OH is 1. The third-order valence-corrected chi connectivity index (χ3v) is 3.29. The van der Waals surface area contributed by atoms with Gasteiger partial charge in [0.2, 0.25) is 0 Å². The van der Waals surface area contributed by atoms with Crippen LogP contribution in [0.15, 0.2) is 0 Å². The number of ether oxygens (including phenoxy) is 1. The molecule has 0 amide bonds. The predicted octanol–water partition coefficient (Wildman–Crippen LogP) is 5.48. The lowest BCUT2D eigenvalue weighted by atomic mass is 9.83. The largest absolute Gasteiger partial charge is 0.450 e. The Morgan fingerprint density at radius 2 is 1.29 bits per heavy atom. The molecule has 0 saturated heterocycles. The summed E-state index contributed by atoms with van der Waals surface area (Å²) in [5, 5.41) is 9.46. The van der Waals surface area contributed by atoms with Crippen LogP contribution in [0, 0.1) is 22.7 Å². The maximum Gasteiger partial charge on any atom is 0.404 e. The summed E-state index contributed by atoms with van der Waals surface area (Å²) in [5.74, 6) is 0.651. The smallest absolute Gasteiger partial charge is 0.404 e. The van der Waals surface area contributed by atoms with Crippen molar-refractivity contribution >= 4 is 17.0 Å². The van der Waals surface area contributed by atoms with Gasteiger partial charge in [-0.1, -0.05) is 69.2 Å². The molecule has 3 nitrogen and oxygen atoms in total. The van der Waals surface area contributed by atoms with E-state index in [0.717, 1.165) is 0 Å². The number of rotatable bonds is 3. The van der Waals surface area contributed by atoms with E-state index in [1.807, 2.05) is 48.5 Å². The fourth-order valence-electron chi connectivity index (χ4n) is 2.41. The van der Waals surface area contributed by atoms with Crippen LogP contribution in [0.1, 0.15) is 69.2 Å². The Labute approximate surface area is 136 Å². The molecule has 2 atom stereocenters. The van der Waals surface area contributed by atoms with Crippen molar-refractivity contribution in [3.63, 3.8) is 0 Å². The van der Waals surface area contributed by atoms with Crippen molar-refractivity contribution in [1.29, 1.82) is 0 Å². The van der Waals surface area contributed by atoms with Crippen LogP contribution in [0.4, 0.5) is 4.79 Å². The molecule has 0 radical (unpaired) electrons. The molecule has 0 rings (SSSR count). The van der Waals surface area contributed by atoms with Crippen LogP contribution in [0.5, 0.6) is 0 Å². The lowest BCUT2D eigenvalue weighted by molar-refractivity contribution is 0.0148. The zero-order valence-corrected chi connectivity index (χ0v) is 16.2. The minimum atomic E-state index is -0.719. The number of carbonyl (C=O) groups is 1. The molecule has 0 aliphatic carbocycles. The van der Waals surface area contributed by atoms with Crippen molar-refractivity contribution < 1.29 is 14.6 Å². The van der Waals surface area contributed by atoms with E-state index in [-0.39, 0.29) is 29.0 Å². The highest BCUT2D eigenvalue weighted by Gasteiger charge is 2.30. The van der Waals surface area contributed by atoms with E-state index >= 15 is 0 Å². The van der Waals surface area contributed by atoms with Gasteiger partial charge in [-0.05, 0) is 22.7 Å². The second-order valence-corrected chi connectivity index (χ2v) is 8.75. The second-order valence-electron chi connectivity index (χ2n) is 8.44. The summed E-state index contributed by atoms with van der Waals surface area (Å²) in [4.78, 5) is 10.5. The monoisotopic (exact) mass is 322 g/mol. The zero-order chi connectivity index (χ0) is 17.6. The fourth-order valence-corrected chi connectivity index (χ4v) is 2.51. The molecule has 0 aromatic carbocycles. The van der Waals surface area contributed by atoms with Gasteiger partial charge in [0.05, 0.1) is 6.10 Å². The van der Waals surface area contributed by atoms with Crippen LogP contribution >= 0.6 is 11.6 Å². The molecule has 0 saturated carbocycles. The van der Waals surface area contributed by atoms with Gasteiger partial charge in [-0.2, -0.15) is 0 Å². The summed E-state index contributed by atoms with van der Waals surface area (Å²) in [6.07, 6.45) is -0.306. The number of halogens is 1.